The first kappa shape index (κ1) is 20.1. The average molecular weight is 421 g/mol. The Morgan fingerprint density at radius 2 is 1.94 bits per heavy atom. The summed E-state index contributed by atoms with van der Waals surface area (Å²) in [5, 5.41) is 11.7. The molecule has 1 aliphatic heterocycles. The van der Waals surface area contributed by atoms with E-state index in [1.807, 2.05) is 6.07 Å². The zero-order chi connectivity index (χ0) is 21.6. The number of amides is 1. The maximum atomic E-state index is 12.5. The molecule has 2 aromatic carbocycles. The molecule has 2 fully saturated rings. The molecule has 2 aromatic rings. The van der Waals surface area contributed by atoms with Gasteiger partial charge in [-0.3, -0.25) is 5.32 Å². The van der Waals surface area contributed by atoms with Crippen LogP contribution in [0.15, 0.2) is 42.5 Å². The number of likely N-dealkylation sites (tertiary alicyclic amines) is 1. The van der Waals surface area contributed by atoms with Gasteiger partial charge in [-0.05, 0) is 92.7 Å². The maximum Gasteiger partial charge on any atom is 0.417 e. The lowest BCUT2D eigenvalue weighted by molar-refractivity contribution is 0.00275. The summed E-state index contributed by atoms with van der Waals surface area (Å²) in [7, 11) is 2.26. The summed E-state index contributed by atoms with van der Waals surface area (Å²) in [6.45, 7) is 1.12. The summed E-state index contributed by atoms with van der Waals surface area (Å²) in [5.74, 6) is 0.249. The smallest absolute Gasteiger partial charge is 0.417 e. The predicted molar refractivity (Wildman–Crippen MR) is 118 cm³/mol. The number of ether oxygens (including phenoxy) is 1. The first-order chi connectivity index (χ1) is 15.0. The second-order valence-corrected chi connectivity index (χ2v) is 9.23. The largest absolute Gasteiger partial charge is 0.478 e. The molecule has 2 aliphatic carbocycles. The molecule has 6 nitrogen and oxygen atoms in total. The highest BCUT2D eigenvalue weighted by atomic mass is 16.6. The van der Waals surface area contributed by atoms with Gasteiger partial charge in [0.25, 0.3) is 0 Å². The lowest BCUT2D eigenvalue weighted by Gasteiger charge is -2.58. The summed E-state index contributed by atoms with van der Waals surface area (Å²) in [6.07, 6.45) is 6.75. The number of carbonyl (C=O) groups excluding carboxylic acids is 1. The molecular formula is C25H28N2O4. The van der Waals surface area contributed by atoms with Crippen molar-refractivity contribution in [2.75, 3.05) is 18.9 Å². The number of aromatic carboxylic acids is 1. The van der Waals surface area contributed by atoms with Crippen molar-refractivity contribution >= 4 is 17.7 Å². The Morgan fingerprint density at radius 1 is 1.13 bits per heavy atom. The average Bonchev–Trinajstić information content (AvgIpc) is 2.77. The van der Waals surface area contributed by atoms with Gasteiger partial charge in [0.05, 0.1) is 5.56 Å². The molecule has 1 saturated carbocycles. The minimum atomic E-state index is -1.00. The number of carboxylic acids is 1. The van der Waals surface area contributed by atoms with E-state index in [0.29, 0.717) is 23.4 Å². The van der Waals surface area contributed by atoms with Crippen LogP contribution in [0.25, 0.3) is 0 Å². The third kappa shape index (κ3) is 3.49. The van der Waals surface area contributed by atoms with Gasteiger partial charge in [0.15, 0.2) is 0 Å². The first-order valence-corrected chi connectivity index (χ1v) is 11.1. The molecule has 2 N–H and O–H groups in total. The van der Waals surface area contributed by atoms with Crippen LogP contribution in [0.4, 0.5) is 10.5 Å². The number of piperidine rings is 1. The van der Waals surface area contributed by atoms with Gasteiger partial charge in [-0.1, -0.05) is 18.9 Å². The van der Waals surface area contributed by atoms with E-state index < -0.39 is 12.1 Å². The molecule has 0 radical (unpaired) electrons. The molecule has 6 heteroatoms. The van der Waals surface area contributed by atoms with E-state index in [0.717, 1.165) is 13.0 Å². The molecule has 1 amide bonds. The molecule has 1 saturated heterocycles. The summed E-state index contributed by atoms with van der Waals surface area (Å²) >= 11 is 0. The number of benzene rings is 2. The number of rotatable bonds is 3. The highest BCUT2D eigenvalue weighted by molar-refractivity contribution is 5.90. The predicted octanol–water partition coefficient (Wildman–Crippen LogP) is 4.68. The minimum absolute atomic E-state index is 0.173. The van der Waals surface area contributed by atoms with Crippen molar-refractivity contribution in [3.05, 3.63) is 59.2 Å². The van der Waals surface area contributed by atoms with Gasteiger partial charge in [-0.2, -0.15) is 0 Å². The van der Waals surface area contributed by atoms with Crippen LogP contribution in [-0.2, 0) is 11.8 Å². The lowest BCUT2D eigenvalue weighted by atomic mass is 9.52. The lowest BCUT2D eigenvalue weighted by Crippen LogP contribution is -2.59. The second-order valence-electron chi connectivity index (χ2n) is 9.23. The summed E-state index contributed by atoms with van der Waals surface area (Å²) in [6, 6.07) is 12.8. The summed E-state index contributed by atoms with van der Waals surface area (Å²) in [4.78, 5) is 26.0. The van der Waals surface area contributed by atoms with Crippen molar-refractivity contribution in [3.63, 3.8) is 0 Å². The van der Waals surface area contributed by atoms with Crippen LogP contribution >= 0.6 is 0 Å². The Kier molecular flexibility index (Phi) is 4.97. The normalized spacial score (nSPS) is 27.0. The van der Waals surface area contributed by atoms with E-state index in [-0.39, 0.29) is 11.0 Å². The van der Waals surface area contributed by atoms with E-state index in [9.17, 15) is 9.59 Å². The van der Waals surface area contributed by atoms with E-state index in [1.165, 1.54) is 55.4 Å². The number of carboxylic acid groups (broad SMARTS) is 1. The number of hydrogen-bond donors (Lipinski definition) is 2. The van der Waals surface area contributed by atoms with Gasteiger partial charge in [0.2, 0.25) is 0 Å². The fraction of sp³-hybridized carbons (Fsp3) is 0.440. The van der Waals surface area contributed by atoms with Crippen LogP contribution in [0.5, 0.6) is 5.75 Å². The fourth-order valence-electron chi connectivity index (χ4n) is 6.19. The Balaban J connectivity index is 1.37. The zero-order valence-electron chi connectivity index (χ0n) is 17.8. The maximum absolute atomic E-state index is 12.5. The van der Waals surface area contributed by atoms with Crippen LogP contribution in [0.2, 0.25) is 0 Å². The zero-order valence-corrected chi connectivity index (χ0v) is 17.8. The van der Waals surface area contributed by atoms with E-state index >= 15 is 0 Å². The topological polar surface area (TPSA) is 78.9 Å². The van der Waals surface area contributed by atoms with Gasteiger partial charge in [0.1, 0.15) is 5.75 Å². The van der Waals surface area contributed by atoms with Gasteiger partial charge in [-0.15, -0.1) is 0 Å². The fourth-order valence-corrected chi connectivity index (χ4v) is 6.19. The molecule has 0 spiro atoms. The van der Waals surface area contributed by atoms with E-state index in [2.05, 4.69) is 29.4 Å². The monoisotopic (exact) mass is 420 g/mol. The first-order valence-electron chi connectivity index (χ1n) is 11.1. The van der Waals surface area contributed by atoms with Crippen molar-refractivity contribution in [2.24, 2.45) is 5.92 Å². The molecule has 0 unspecified atom stereocenters. The minimum Gasteiger partial charge on any atom is -0.478 e. The number of hydrogen-bond acceptors (Lipinski definition) is 4. The Labute approximate surface area is 182 Å². The number of nitrogens with zero attached hydrogens (tertiary/aromatic N) is 1. The highest BCUT2D eigenvalue weighted by Crippen LogP contribution is 2.55. The number of nitrogens with one attached hydrogen (secondary N) is 1. The number of carbonyl (C=O) groups is 2. The van der Waals surface area contributed by atoms with Gasteiger partial charge >= 0.3 is 12.1 Å². The molecule has 3 atom stereocenters. The Morgan fingerprint density at radius 3 is 2.71 bits per heavy atom. The number of anilines is 1. The molecule has 1 heterocycles. The van der Waals surface area contributed by atoms with Crippen molar-refractivity contribution in [1.29, 1.82) is 0 Å². The van der Waals surface area contributed by atoms with Crippen LogP contribution < -0.4 is 10.1 Å². The van der Waals surface area contributed by atoms with Crippen molar-refractivity contribution in [1.82, 2.24) is 4.90 Å². The summed E-state index contributed by atoms with van der Waals surface area (Å²) in [5.41, 5.74) is 3.67. The van der Waals surface area contributed by atoms with E-state index in [4.69, 9.17) is 9.84 Å². The van der Waals surface area contributed by atoms with Crippen LogP contribution in [0.1, 0.15) is 53.6 Å². The number of fused-ring (bicyclic) bond motifs is 1. The van der Waals surface area contributed by atoms with E-state index in [1.54, 1.807) is 12.1 Å². The number of likely N-dealkylation sites (N-methyl/N-ethyl adjacent to an activating group) is 1. The Bertz CT molecular complexity index is 1020. The van der Waals surface area contributed by atoms with Crippen LogP contribution in [-0.4, -0.2) is 41.7 Å². The van der Waals surface area contributed by atoms with Gasteiger partial charge in [-0.25, -0.2) is 9.59 Å². The van der Waals surface area contributed by atoms with Crippen molar-refractivity contribution < 1.29 is 19.4 Å². The van der Waals surface area contributed by atoms with Crippen molar-refractivity contribution in [3.8, 4) is 5.75 Å². The molecule has 3 aliphatic rings. The van der Waals surface area contributed by atoms with Gasteiger partial charge < -0.3 is 14.7 Å². The van der Waals surface area contributed by atoms with Crippen LogP contribution in [0.3, 0.4) is 0 Å². The highest BCUT2D eigenvalue weighted by Gasteiger charge is 2.53. The molecule has 2 bridgehead atoms. The SMILES string of the molecule is CN1CC[C@]23CCCC[C@H]2[C@H]1Cc1ccc(OC(=O)Nc2ccc(C(=O)O)cc2)cc13. The third-order valence-corrected chi connectivity index (χ3v) is 7.67. The summed E-state index contributed by atoms with van der Waals surface area (Å²) < 4.78 is 5.62. The Hall–Kier alpha value is -2.86. The molecular weight excluding hydrogens is 392 g/mol. The molecule has 0 aromatic heterocycles. The standard InChI is InChI=1S/C25H28N2O4/c1-27-13-12-25-11-3-2-4-20(25)22(27)14-17-7-10-19(15-21(17)25)31-24(30)26-18-8-5-16(6-9-18)23(28)29/h5-10,15,20,22H,2-4,11-14H2,1H3,(H,26,30)(H,28,29)/t20-,22+,25+/m0/s1. The van der Waals surface area contributed by atoms with Crippen LogP contribution in [0, 0.1) is 5.92 Å². The van der Waals surface area contributed by atoms with Crippen molar-refractivity contribution in [2.45, 2.75) is 50.0 Å². The molecule has 162 valence electrons. The molecule has 31 heavy (non-hydrogen) atoms. The second kappa shape index (κ2) is 7.68. The quantitative estimate of drug-likeness (QED) is 0.754. The molecule has 5 rings (SSSR count). The third-order valence-electron chi connectivity index (χ3n) is 7.67. The van der Waals surface area contributed by atoms with Gasteiger partial charge in [0, 0.05) is 17.1 Å².